The molecule has 2 N–H and O–H groups in total. The van der Waals surface area contributed by atoms with Crippen molar-refractivity contribution >= 4 is 17.8 Å². The first-order valence-corrected chi connectivity index (χ1v) is 6.39. The van der Waals surface area contributed by atoms with Gasteiger partial charge in [-0.1, -0.05) is 23.7 Å². The lowest BCUT2D eigenvalue weighted by Crippen LogP contribution is -1.98. The molecule has 0 fully saturated rings. The normalized spacial score (nSPS) is 10.7. The second-order valence-electron chi connectivity index (χ2n) is 4.11. The van der Waals surface area contributed by atoms with Gasteiger partial charge < -0.3 is 15.3 Å². The van der Waals surface area contributed by atoms with Crippen LogP contribution in [0.2, 0.25) is 5.02 Å². The van der Waals surface area contributed by atoms with Crippen molar-refractivity contribution in [3.05, 3.63) is 58.6 Å². The first-order chi connectivity index (χ1) is 9.72. The SMILES string of the molecule is COc1cc(C=NN)ccc1OCc1cccc(Cl)c1. The molecule has 0 spiro atoms. The topological polar surface area (TPSA) is 56.8 Å². The van der Waals surface area contributed by atoms with Crippen LogP contribution >= 0.6 is 11.6 Å². The third-order valence-electron chi connectivity index (χ3n) is 2.69. The summed E-state index contributed by atoms with van der Waals surface area (Å²) < 4.78 is 11.0. The molecule has 0 unspecified atom stereocenters. The zero-order valence-corrected chi connectivity index (χ0v) is 11.8. The summed E-state index contributed by atoms with van der Waals surface area (Å²) in [5, 5.41) is 4.17. The van der Waals surface area contributed by atoms with Crippen molar-refractivity contribution in [2.75, 3.05) is 7.11 Å². The lowest BCUT2D eigenvalue weighted by molar-refractivity contribution is 0.284. The van der Waals surface area contributed by atoms with E-state index in [1.165, 1.54) is 0 Å². The van der Waals surface area contributed by atoms with Gasteiger partial charge in [0, 0.05) is 5.02 Å². The highest BCUT2D eigenvalue weighted by molar-refractivity contribution is 6.30. The van der Waals surface area contributed by atoms with Gasteiger partial charge in [-0.25, -0.2) is 0 Å². The smallest absolute Gasteiger partial charge is 0.161 e. The van der Waals surface area contributed by atoms with Gasteiger partial charge in [-0.05, 0) is 41.5 Å². The fraction of sp³-hybridized carbons (Fsp3) is 0.133. The van der Waals surface area contributed by atoms with E-state index >= 15 is 0 Å². The molecular formula is C15H15ClN2O2. The molecule has 0 aromatic heterocycles. The Morgan fingerprint density at radius 3 is 2.75 bits per heavy atom. The highest BCUT2D eigenvalue weighted by atomic mass is 35.5. The second-order valence-corrected chi connectivity index (χ2v) is 4.54. The van der Waals surface area contributed by atoms with Gasteiger partial charge in [0.2, 0.25) is 0 Å². The maximum absolute atomic E-state index is 5.93. The molecule has 0 atom stereocenters. The third kappa shape index (κ3) is 3.65. The van der Waals surface area contributed by atoms with Crippen LogP contribution in [0.3, 0.4) is 0 Å². The molecule has 104 valence electrons. The zero-order chi connectivity index (χ0) is 14.4. The predicted molar refractivity (Wildman–Crippen MR) is 80.6 cm³/mol. The van der Waals surface area contributed by atoms with Gasteiger partial charge in [0.1, 0.15) is 6.61 Å². The van der Waals surface area contributed by atoms with E-state index < -0.39 is 0 Å². The lowest BCUT2D eigenvalue weighted by atomic mass is 10.2. The van der Waals surface area contributed by atoms with E-state index in [9.17, 15) is 0 Å². The van der Waals surface area contributed by atoms with Crippen molar-refractivity contribution in [3.63, 3.8) is 0 Å². The number of ether oxygens (including phenoxy) is 2. The molecule has 2 aromatic carbocycles. The largest absolute Gasteiger partial charge is 0.493 e. The monoisotopic (exact) mass is 290 g/mol. The van der Waals surface area contributed by atoms with Crippen LogP contribution < -0.4 is 15.3 Å². The summed E-state index contributed by atoms with van der Waals surface area (Å²) in [5.74, 6) is 6.41. The zero-order valence-electron chi connectivity index (χ0n) is 11.0. The summed E-state index contributed by atoms with van der Waals surface area (Å²) >= 11 is 5.93. The van der Waals surface area contributed by atoms with Gasteiger partial charge in [0.05, 0.1) is 13.3 Å². The number of rotatable bonds is 5. The number of nitrogens with two attached hydrogens (primary N) is 1. The molecule has 0 aliphatic rings. The van der Waals surface area contributed by atoms with Crippen molar-refractivity contribution in [1.29, 1.82) is 0 Å². The quantitative estimate of drug-likeness (QED) is 0.522. The number of benzene rings is 2. The van der Waals surface area contributed by atoms with Crippen molar-refractivity contribution < 1.29 is 9.47 Å². The maximum Gasteiger partial charge on any atom is 0.161 e. The van der Waals surface area contributed by atoms with E-state index in [1.807, 2.05) is 42.5 Å². The van der Waals surface area contributed by atoms with Crippen LogP contribution in [0.15, 0.2) is 47.6 Å². The van der Waals surface area contributed by atoms with Crippen LogP contribution in [-0.2, 0) is 6.61 Å². The number of methoxy groups -OCH3 is 1. The molecule has 0 aliphatic heterocycles. The van der Waals surface area contributed by atoms with E-state index in [1.54, 1.807) is 13.3 Å². The molecule has 0 bridgehead atoms. The molecule has 4 nitrogen and oxygen atoms in total. The average Bonchev–Trinajstić information content (AvgIpc) is 2.46. The highest BCUT2D eigenvalue weighted by Crippen LogP contribution is 2.28. The Hall–Kier alpha value is -2.20. The summed E-state index contributed by atoms with van der Waals surface area (Å²) in [6.45, 7) is 0.418. The Morgan fingerprint density at radius 2 is 2.05 bits per heavy atom. The molecular weight excluding hydrogens is 276 g/mol. The van der Waals surface area contributed by atoms with Gasteiger partial charge in [-0.15, -0.1) is 0 Å². The van der Waals surface area contributed by atoms with E-state index in [2.05, 4.69) is 5.10 Å². The van der Waals surface area contributed by atoms with E-state index in [4.69, 9.17) is 26.9 Å². The Kier molecular flexibility index (Phi) is 4.85. The summed E-state index contributed by atoms with van der Waals surface area (Å²) in [7, 11) is 1.59. The molecule has 2 rings (SSSR count). The van der Waals surface area contributed by atoms with Crippen LogP contribution in [0.5, 0.6) is 11.5 Å². The maximum atomic E-state index is 5.93. The van der Waals surface area contributed by atoms with Crippen molar-refractivity contribution in [2.24, 2.45) is 10.9 Å². The molecule has 0 aliphatic carbocycles. The molecule has 0 saturated carbocycles. The fourth-order valence-corrected chi connectivity index (χ4v) is 1.97. The van der Waals surface area contributed by atoms with Gasteiger partial charge >= 0.3 is 0 Å². The van der Waals surface area contributed by atoms with E-state index in [0.29, 0.717) is 23.1 Å². The van der Waals surface area contributed by atoms with Crippen LogP contribution in [0.4, 0.5) is 0 Å². The van der Waals surface area contributed by atoms with Gasteiger partial charge in [-0.2, -0.15) is 5.10 Å². The second kappa shape index (κ2) is 6.82. The number of hydrogen-bond donors (Lipinski definition) is 1. The molecule has 0 amide bonds. The Labute approximate surface area is 122 Å². The van der Waals surface area contributed by atoms with Gasteiger partial charge in [-0.3, -0.25) is 0 Å². The summed E-state index contributed by atoms with van der Waals surface area (Å²) in [6, 6.07) is 13.0. The lowest BCUT2D eigenvalue weighted by Gasteiger charge is -2.11. The standard InChI is InChI=1S/C15H15ClN2O2/c1-19-15-8-11(9-18-17)5-6-14(15)20-10-12-3-2-4-13(16)7-12/h2-9H,10,17H2,1H3. The molecule has 0 heterocycles. The number of hydrogen-bond acceptors (Lipinski definition) is 4. The number of hydrazone groups is 1. The summed E-state index contributed by atoms with van der Waals surface area (Å²) in [4.78, 5) is 0. The first kappa shape index (κ1) is 14.2. The number of halogens is 1. The van der Waals surface area contributed by atoms with Gasteiger partial charge in [0.25, 0.3) is 0 Å². The molecule has 2 aromatic rings. The highest BCUT2D eigenvalue weighted by Gasteiger charge is 2.05. The van der Waals surface area contributed by atoms with Crippen LogP contribution in [0, 0.1) is 0 Å². The predicted octanol–water partition coefficient (Wildman–Crippen LogP) is 3.22. The summed E-state index contributed by atoms with van der Waals surface area (Å²) in [5.41, 5.74) is 1.84. The van der Waals surface area contributed by atoms with E-state index in [0.717, 1.165) is 11.1 Å². The fourth-order valence-electron chi connectivity index (χ4n) is 1.76. The molecule has 20 heavy (non-hydrogen) atoms. The van der Waals surface area contributed by atoms with Crippen LogP contribution in [0.1, 0.15) is 11.1 Å². The minimum absolute atomic E-state index is 0.418. The minimum Gasteiger partial charge on any atom is -0.493 e. The van der Waals surface area contributed by atoms with Gasteiger partial charge in [0.15, 0.2) is 11.5 Å². The van der Waals surface area contributed by atoms with Crippen molar-refractivity contribution in [2.45, 2.75) is 6.61 Å². The van der Waals surface area contributed by atoms with Crippen molar-refractivity contribution in [1.82, 2.24) is 0 Å². The Bertz CT molecular complexity index is 615. The van der Waals surface area contributed by atoms with Crippen molar-refractivity contribution in [3.8, 4) is 11.5 Å². The Balaban J connectivity index is 2.13. The minimum atomic E-state index is 0.418. The van der Waals surface area contributed by atoms with E-state index in [-0.39, 0.29) is 0 Å². The number of nitrogens with zero attached hydrogens (tertiary/aromatic N) is 1. The molecule has 5 heteroatoms. The Morgan fingerprint density at radius 1 is 1.20 bits per heavy atom. The van der Waals surface area contributed by atoms with Crippen LogP contribution in [0.25, 0.3) is 0 Å². The molecule has 0 radical (unpaired) electrons. The first-order valence-electron chi connectivity index (χ1n) is 6.01. The summed E-state index contributed by atoms with van der Waals surface area (Å²) in [6.07, 6.45) is 1.54. The third-order valence-corrected chi connectivity index (χ3v) is 2.93. The molecule has 0 saturated heterocycles. The van der Waals surface area contributed by atoms with Crippen LogP contribution in [-0.4, -0.2) is 13.3 Å². The average molecular weight is 291 g/mol.